The predicted molar refractivity (Wildman–Crippen MR) is 48.9 cm³/mol. The molecule has 1 fully saturated rings. The molecular formula is C9H13N3O. The Labute approximate surface area is 76.7 Å². The van der Waals surface area contributed by atoms with Gasteiger partial charge in [-0.15, -0.1) is 0 Å². The summed E-state index contributed by atoms with van der Waals surface area (Å²) in [5.41, 5.74) is 0.533. The molecule has 0 spiro atoms. The van der Waals surface area contributed by atoms with E-state index >= 15 is 0 Å². The average Bonchev–Trinajstić information content (AvgIpc) is 2.61. The fourth-order valence-corrected chi connectivity index (χ4v) is 1.68. The lowest BCUT2D eigenvalue weighted by molar-refractivity contribution is -0.120. The van der Waals surface area contributed by atoms with E-state index < -0.39 is 5.66 Å². The smallest absolute Gasteiger partial charge is 0.238 e. The number of amides is 1. The van der Waals surface area contributed by atoms with Crippen LogP contribution >= 0.6 is 0 Å². The average molecular weight is 179 g/mol. The molecule has 1 amide bonds. The molecule has 1 saturated heterocycles. The summed E-state index contributed by atoms with van der Waals surface area (Å²) in [6.07, 6.45) is 1.84. The summed E-state index contributed by atoms with van der Waals surface area (Å²) in [5.74, 6) is 0.0390. The number of nitrogens with one attached hydrogen (secondary N) is 3. The van der Waals surface area contributed by atoms with Gasteiger partial charge in [-0.25, -0.2) is 0 Å². The van der Waals surface area contributed by atoms with Crippen LogP contribution in [-0.2, 0) is 10.5 Å². The van der Waals surface area contributed by atoms with Gasteiger partial charge in [0.1, 0.15) is 5.66 Å². The van der Waals surface area contributed by atoms with E-state index in [9.17, 15) is 4.79 Å². The molecule has 0 aromatic carbocycles. The number of H-pyrrole nitrogens is 1. The maximum absolute atomic E-state index is 11.3. The minimum atomic E-state index is -0.444. The number of hydrogen-bond donors (Lipinski definition) is 3. The first-order valence-corrected chi connectivity index (χ1v) is 4.35. The molecule has 2 heterocycles. The Hall–Kier alpha value is -1.29. The molecule has 0 aliphatic carbocycles. The first-order valence-electron chi connectivity index (χ1n) is 4.35. The highest BCUT2D eigenvalue weighted by molar-refractivity contribution is 5.84. The maximum Gasteiger partial charge on any atom is 0.238 e. The third kappa shape index (κ3) is 1.23. The van der Waals surface area contributed by atoms with Gasteiger partial charge in [-0.1, -0.05) is 0 Å². The molecule has 4 nitrogen and oxygen atoms in total. The fraction of sp³-hybridized carbons (Fsp3) is 0.444. The van der Waals surface area contributed by atoms with Gasteiger partial charge in [0, 0.05) is 6.20 Å². The third-order valence-corrected chi connectivity index (χ3v) is 2.41. The van der Waals surface area contributed by atoms with Gasteiger partial charge >= 0.3 is 0 Å². The van der Waals surface area contributed by atoms with E-state index in [0.29, 0.717) is 0 Å². The molecule has 1 aromatic heterocycles. The Morgan fingerprint density at radius 3 is 2.77 bits per heavy atom. The van der Waals surface area contributed by atoms with Crippen molar-refractivity contribution in [3.8, 4) is 0 Å². The summed E-state index contributed by atoms with van der Waals surface area (Å²) >= 11 is 0. The third-order valence-electron chi connectivity index (χ3n) is 2.41. The van der Waals surface area contributed by atoms with Crippen LogP contribution < -0.4 is 10.6 Å². The summed E-state index contributed by atoms with van der Waals surface area (Å²) in [6.45, 7) is 3.80. The lowest BCUT2D eigenvalue weighted by atomic mass is 10.1. The number of carbonyl (C=O) groups excluding carboxylic acids is 1. The molecule has 1 aliphatic heterocycles. The zero-order valence-corrected chi connectivity index (χ0v) is 7.72. The topological polar surface area (TPSA) is 56.9 Å². The Kier molecular flexibility index (Phi) is 1.66. The van der Waals surface area contributed by atoms with Crippen LogP contribution in [-0.4, -0.2) is 16.9 Å². The molecular weight excluding hydrogens is 166 g/mol. The van der Waals surface area contributed by atoms with Crippen molar-refractivity contribution in [2.75, 3.05) is 0 Å². The first-order chi connectivity index (χ1) is 6.12. The van der Waals surface area contributed by atoms with E-state index in [1.165, 1.54) is 0 Å². The largest absolute Gasteiger partial charge is 0.362 e. The Bertz CT molecular complexity index is 320. The van der Waals surface area contributed by atoms with Gasteiger partial charge in [-0.05, 0) is 26.0 Å². The SMILES string of the molecule is CC1NC(C)(c2ccc[nH]2)NC1=O. The highest BCUT2D eigenvalue weighted by Crippen LogP contribution is 2.20. The number of aromatic amines is 1. The molecule has 0 saturated carbocycles. The molecule has 3 N–H and O–H groups in total. The van der Waals surface area contributed by atoms with Gasteiger partial charge in [-0.2, -0.15) is 0 Å². The second kappa shape index (κ2) is 2.60. The second-order valence-electron chi connectivity index (χ2n) is 3.56. The molecule has 0 radical (unpaired) electrons. The van der Waals surface area contributed by atoms with Crippen molar-refractivity contribution in [3.05, 3.63) is 24.0 Å². The molecule has 1 aromatic rings. The molecule has 1 aliphatic rings. The van der Waals surface area contributed by atoms with Crippen LogP contribution in [0.1, 0.15) is 19.5 Å². The first kappa shape index (κ1) is 8.31. The van der Waals surface area contributed by atoms with Crippen molar-refractivity contribution in [1.82, 2.24) is 15.6 Å². The summed E-state index contributed by atoms with van der Waals surface area (Å²) in [5, 5.41) is 6.09. The zero-order chi connectivity index (χ0) is 9.47. The standard InChI is InChI=1S/C9H13N3O/c1-6-8(13)12-9(2,11-6)7-4-3-5-10-7/h3-6,10-11H,1-2H3,(H,12,13). The van der Waals surface area contributed by atoms with Crippen molar-refractivity contribution in [2.24, 2.45) is 0 Å². The van der Waals surface area contributed by atoms with Crippen molar-refractivity contribution in [2.45, 2.75) is 25.6 Å². The van der Waals surface area contributed by atoms with Crippen molar-refractivity contribution < 1.29 is 4.79 Å². The molecule has 4 heteroatoms. The van der Waals surface area contributed by atoms with E-state index in [0.717, 1.165) is 5.69 Å². The maximum atomic E-state index is 11.3. The number of hydrogen-bond acceptors (Lipinski definition) is 2. The van der Waals surface area contributed by atoms with Gasteiger partial charge in [-0.3, -0.25) is 10.1 Å². The Balaban J connectivity index is 2.29. The lowest BCUT2D eigenvalue weighted by Crippen LogP contribution is -2.44. The number of rotatable bonds is 1. The van der Waals surface area contributed by atoms with Crippen LogP contribution in [0.2, 0.25) is 0 Å². The van der Waals surface area contributed by atoms with Gasteiger partial charge < -0.3 is 10.3 Å². The van der Waals surface area contributed by atoms with Crippen LogP contribution in [0.5, 0.6) is 0 Å². The van der Waals surface area contributed by atoms with Gasteiger partial charge in [0.2, 0.25) is 5.91 Å². The number of aromatic nitrogens is 1. The molecule has 2 rings (SSSR count). The van der Waals surface area contributed by atoms with Crippen molar-refractivity contribution >= 4 is 5.91 Å². The summed E-state index contributed by atoms with van der Waals surface area (Å²) in [4.78, 5) is 14.4. The fourth-order valence-electron chi connectivity index (χ4n) is 1.68. The summed E-state index contributed by atoms with van der Waals surface area (Å²) < 4.78 is 0. The Morgan fingerprint density at radius 1 is 1.54 bits per heavy atom. The van der Waals surface area contributed by atoms with Gasteiger partial charge in [0.25, 0.3) is 0 Å². The van der Waals surface area contributed by atoms with E-state index in [-0.39, 0.29) is 11.9 Å². The highest BCUT2D eigenvalue weighted by Gasteiger charge is 2.39. The van der Waals surface area contributed by atoms with Crippen LogP contribution in [0.15, 0.2) is 18.3 Å². The highest BCUT2D eigenvalue weighted by atomic mass is 16.2. The zero-order valence-electron chi connectivity index (χ0n) is 7.72. The van der Waals surface area contributed by atoms with E-state index in [2.05, 4.69) is 15.6 Å². The predicted octanol–water partition coefficient (Wildman–Crippen LogP) is 0.295. The molecule has 70 valence electrons. The molecule has 2 atom stereocenters. The van der Waals surface area contributed by atoms with Crippen LogP contribution in [0.4, 0.5) is 0 Å². The second-order valence-corrected chi connectivity index (χ2v) is 3.56. The van der Waals surface area contributed by atoms with Crippen LogP contribution in [0.25, 0.3) is 0 Å². The quantitative estimate of drug-likeness (QED) is 0.580. The Morgan fingerprint density at radius 2 is 2.31 bits per heavy atom. The lowest BCUT2D eigenvalue weighted by Gasteiger charge is -2.23. The van der Waals surface area contributed by atoms with E-state index in [4.69, 9.17) is 0 Å². The van der Waals surface area contributed by atoms with Crippen molar-refractivity contribution in [1.29, 1.82) is 0 Å². The minimum Gasteiger partial charge on any atom is -0.362 e. The van der Waals surface area contributed by atoms with Crippen LogP contribution in [0.3, 0.4) is 0 Å². The van der Waals surface area contributed by atoms with Gasteiger partial charge in [0.05, 0.1) is 11.7 Å². The molecule has 13 heavy (non-hydrogen) atoms. The number of carbonyl (C=O) groups is 1. The monoisotopic (exact) mass is 179 g/mol. The summed E-state index contributed by atoms with van der Waals surface area (Å²) in [6, 6.07) is 3.73. The van der Waals surface area contributed by atoms with E-state index in [1.807, 2.05) is 32.2 Å². The normalized spacial score (nSPS) is 33.4. The van der Waals surface area contributed by atoms with Crippen molar-refractivity contribution in [3.63, 3.8) is 0 Å². The molecule has 0 bridgehead atoms. The van der Waals surface area contributed by atoms with E-state index in [1.54, 1.807) is 0 Å². The summed E-state index contributed by atoms with van der Waals surface area (Å²) in [7, 11) is 0. The van der Waals surface area contributed by atoms with Crippen LogP contribution in [0, 0.1) is 0 Å². The van der Waals surface area contributed by atoms with Gasteiger partial charge in [0.15, 0.2) is 0 Å². The minimum absolute atomic E-state index is 0.0390. The molecule has 2 unspecified atom stereocenters.